The Bertz CT molecular complexity index is 698. The summed E-state index contributed by atoms with van der Waals surface area (Å²) in [6.07, 6.45) is 0.916. The van der Waals surface area contributed by atoms with Crippen LogP contribution >= 0.6 is 0 Å². The Morgan fingerprint density at radius 1 is 1.09 bits per heavy atom. The highest BCUT2D eigenvalue weighted by molar-refractivity contribution is 6.01. The minimum absolute atomic E-state index is 0.0940. The zero-order chi connectivity index (χ0) is 16.8. The Kier molecular flexibility index (Phi) is 5.46. The number of carbonyl (C=O) groups excluding carboxylic acids is 2. The fourth-order valence-electron chi connectivity index (χ4n) is 2.20. The van der Waals surface area contributed by atoms with Crippen LogP contribution in [0.25, 0.3) is 0 Å². The molecular weight excluding hydrogens is 295 g/mol. The van der Waals surface area contributed by atoms with E-state index in [-0.39, 0.29) is 18.1 Å². The van der Waals surface area contributed by atoms with Crippen molar-refractivity contribution in [1.29, 1.82) is 0 Å². The van der Waals surface area contributed by atoms with Crippen molar-refractivity contribution in [3.63, 3.8) is 0 Å². The van der Waals surface area contributed by atoms with Gasteiger partial charge in [0.25, 0.3) is 0 Å². The second kappa shape index (κ2) is 7.54. The lowest BCUT2D eigenvalue weighted by molar-refractivity contribution is -0.120. The van der Waals surface area contributed by atoms with Crippen molar-refractivity contribution >= 4 is 23.2 Å². The quantitative estimate of drug-likeness (QED) is 0.920. The number of carbonyl (C=O) groups is 2. The predicted molar refractivity (Wildman–Crippen MR) is 88.9 cm³/mol. The fourth-order valence-corrected chi connectivity index (χ4v) is 2.20. The first-order valence-electron chi connectivity index (χ1n) is 7.42. The molecule has 0 bridgehead atoms. The highest BCUT2D eigenvalue weighted by Gasteiger charge is 2.18. The Morgan fingerprint density at radius 3 is 2.30 bits per heavy atom. The maximum atomic E-state index is 13.8. The van der Waals surface area contributed by atoms with Gasteiger partial charge in [0.1, 0.15) is 12.4 Å². The third-order valence-electron chi connectivity index (χ3n) is 3.47. The molecular formula is C18H19FN2O2. The molecule has 23 heavy (non-hydrogen) atoms. The lowest BCUT2D eigenvalue weighted by Crippen LogP contribution is -2.37. The molecule has 0 aromatic heterocycles. The van der Waals surface area contributed by atoms with E-state index in [2.05, 4.69) is 5.32 Å². The fraction of sp³-hybridized carbons (Fsp3) is 0.222. The van der Waals surface area contributed by atoms with Crippen molar-refractivity contribution < 1.29 is 14.0 Å². The molecule has 0 aliphatic heterocycles. The summed E-state index contributed by atoms with van der Waals surface area (Å²) >= 11 is 0. The first kappa shape index (κ1) is 16.7. The van der Waals surface area contributed by atoms with Gasteiger partial charge >= 0.3 is 0 Å². The third kappa shape index (κ3) is 4.39. The monoisotopic (exact) mass is 314 g/mol. The molecule has 2 aromatic carbocycles. The minimum Gasteiger partial charge on any atom is -0.325 e. The number of nitrogens with one attached hydrogen (secondary N) is 1. The highest BCUT2D eigenvalue weighted by Crippen LogP contribution is 2.19. The van der Waals surface area contributed by atoms with Gasteiger partial charge in [-0.25, -0.2) is 4.39 Å². The van der Waals surface area contributed by atoms with Crippen LogP contribution in [0, 0.1) is 5.82 Å². The van der Waals surface area contributed by atoms with E-state index >= 15 is 0 Å². The summed E-state index contributed by atoms with van der Waals surface area (Å²) in [5.74, 6) is -1.32. The van der Waals surface area contributed by atoms with E-state index in [9.17, 15) is 14.0 Å². The first-order valence-corrected chi connectivity index (χ1v) is 7.42. The van der Waals surface area contributed by atoms with Crippen LogP contribution < -0.4 is 10.2 Å². The Morgan fingerprint density at radius 2 is 1.74 bits per heavy atom. The van der Waals surface area contributed by atoms with E-state index in [1.807, 2.05) is 19.1 Å². The normalized spacial score (nSPS) is 10.2. The average molecular weight is 314 g/mol. The van der Waals surface area contributed by atoms with Crippen molar-refractivity contribution in [2.45, 2.75) is 20.3 Å². The van der Waals surface area contributed by atoms with E-state index in [1.165, 1.54) is 30.7 Å². The molecule has 5 heteroatoms. The minimum atomic E-state index is -0.539. The molecule has 0 saturated carbocycles. The number of nitrogens with zero attached hydrogens (tertiary/aromatic N) is 1. The van der Waals surface area contributed by atoms with Crippen LogP contribution in [0.3, 0.4) is 0 Å². The van der Waals surface area contributed by atoms with Crippen molar-refractivity contribution in [2.75, 3.05) is 16.8 Å². The summed E-state index contributed by atoms with van der Waals surface area (Å²) in [6.45, 7) is 3.11. The van der Waals surface area contributed by atoms with E-state index < -0.39 is 11.7 Å². The summed E-state index contributed by atoms with van der Waals surface area (Å²) < 4.78 is 13.8. The number of rotatable bonds is 5. The second-order valence-electron chi connectivity index (χ2n) is 5.16. The molecule has 0 fully saturated rings. The maximum absolute atomic E-state index is 13.8. The van der Waals surface area contributed by atoms with E-state index in [0.29, 0.717) is 5.69 Å². The van der Waals surface area contributed by atoms with E-state index in [4.69, 9.17) is 0 Å². The first-order chi connectivity index (χ1) is 11.0. The molecule has 2 aromatic rings. The van der Waals surface area contributed by atoms with Gasteiger partial charge in [-0.15, -0.1) is 0 Å². The number of amides is 2. The zero-order valence-corrected chi connectivity index (χ0v) is 13.2. The molecule has 2 amide bonds. The number of aryl methyl sites for hydroxylation is 1. The molecule has 4 nitrogen and oxygen atoms in total. The van der Waals surface area contributed by atoms with Crippen molar-refractivity contribution in [3.05, 3.63) is 59.9 Å². The number of hydrogen-bond donors (Lipinski definition) is 1. The molecule has 0 atom stereocenters. The van der Waals surface area contributed by atoms with Crippen LogP contribution in [0.1, 0.15) is 19.4 Å². The van der Waals surface area contributed by atoms with Gasteiger partial charge in [-0.05, 0) is 36.2 Å². The van der Waals surface area contributed by atoms with Gasteiger partial charge in [-0.1, -0.05) is 31.2 Å². The topological polar surface area (TPSA) is 49.4 Å². The van der Waals surface area contributed by atoms with Crippen LogP contribution in [-0.4, -0.2) is 18.4 Å². The van der Waals surface area contributed by atoms with Gasteiger partial charge in [-0.3, -0.25) is 9.59 Å². The average Bonchev–Trinajstić information content (AvgIpc) is 2.54. The third-order valence-corrected chi connectivity index (χ3v) is 3.47. The highest BCUT2D eigenvalue weighted by atomic mass is 19.1. The van der Waals surface area contributed by atoms with Crippen LogP contribution in [0.5, 0.6) is 0 Å². The standard InChI is InChI=1S/C18H19FN2O2/c1-3-14-8-10-15(11-9-14)20-18(23)12-21(13(2)22)17-7-5-4-6-16(17)19/h4-11H,3,12H2,1-2H3,(H,20,23). The largest absolute Gasteiger partial charge is 0.325 e. The van der Waals surface area contributed by atoms with Gasteiger partial charge in [0.05, 0.1) is 5.69 Å². The summed E-state index contributed by atoms with van der Waals surface area (Å²) in [5, 5.41) is 2.71. The summed E-state index contributed by atoms with van der Waals surface area (Å²) in [6, 6.07) is 13.3. The lowest BCUT2D eigenvalue weighted by atomic mass is 10.1. The maximum Gasteiger partial charge on any atom is 0.244 e. The van der Waals surface area contributed by atoms with Crippen LogP contribution in [-0.2, 0) is 16.0 Å². The number of hydrogen-bond acceptors (Lipinski definition) is 2. The SMILES string of the molecule is CCc1ccc(NC(=O)CN(C(C)=O)c2ccccc2F)cc1. The lowest BCUT2D eigenvalue weighted by Gasteiger charge is -2.21. The Labute approximate surface area is 134 Å². The number of anilines is 2. The Hall–Kier alpha value is -2.69. The summed E-state index contributed by atoms with van der Waals surface area (Å²) in [4.78, 5) is 25.0. The van der Waals surface area contributed by atoms with Crippen molar-refractivity contribution in [2.24, 2.45) is 0 Å². The molecule has 0 spiro atoms. The van der Waals surface area contributed by atoms with Gasteiger partial charge in [0.2, 0.25) is 11.8 Å². The predicted octanol–water partition coefficient (Wildman–Crippen LogP) is 3.38. The van der Waals surface area contributed by atoms with E-state index in [1.54, 1.807) is 18.2 Å². The summed E-state index contributed by atoms with van der Waals surface area (Å²) in [5.41, 5.74) is 1.90. The molecule has 0 aliphatic carbocycles. The van der Waals surface area contributed by atoms with Gasteiger partial charge in [0, 0.05) is 12.6 Å². The number of halogens is 1. The van der Waals surface area contributed by atoms with Gasteiger partial charge < -0.3 is 10.2 Å². The van der Waals surface area contributed by atoms with E-state index in [0.717, 1.165) is 11.3 Å². The smallest absolute Gasteiger partial charge is 0.244 e. The molecule has 2 rings (SSSR count). The molecule has 1 N–H and O–H groups in total. The molecule has 0 saturated heterocycles. The molecule has 0 aliphatic rings. The van der Waals surface area contributed by atoms with Crippen molar-refractivity contribution in [1.82, 2.24) is 0 Å². The van der Waals surface area contributed by atoms with Crippen LogP contribution in [0.2, 0.25) is 0 Å². The van der Waals surface area contributed by atoms with Gasteiger partial charge in [0.15, 0.2) is 0 Å². The summed E-state index contributed by atoms with van der Waals surface area (Å²) in [7, 11) is 0. The zero-order valence-electron chi connectivity index (χ0n) is 13.2. The molecule has 0 unspecified atom stereocenters. The molecule has 120 valence electrons. The molecule has 0 radical (unpaired) electrons. The number of para-hydroxylation sites is 1. The van der Waals surface area contributed by atoms with Crippen LogP contribution in [0.4, 0.5) is 15.8 Å². The Balaban J connectivity index is 2.09. The molecule has 0 heterocycles. The second-order valence-corrected chi connectivity index (χ2v) is 5.16. The number of benzene rings is 2. The van der Waals surface area contributed by atoms with Crippen molar-refractivity contribution in [3.8, 4) is 0 Å². The van der Waals surface area contributed by atoms with Gasteiger partial charge in [-0.2, -0.15) is 0 Å². The van der Waals surface area contributed by atoms with Crippen LogP contribution in [0.15, 0.2) is 48.5 Å².